The number of hydrogen-bond acceptors (Lipinski definition) is 1. The topological polar surface area (TPSA) is 32.3 Å². The van der Waals surface area contributed by atoms with Gasteiger partial charge in [0.25, 0.3) is 0 Å². The molecular weight excluding hydrogens is 200 g/mol. The number of nitrogens with zero attached hydrogens (tertiary/aromatic N) is 1. The number of anilines is 1. The number of unbranched alkanes of at least 4 members (excludes halogenated alkanes) is 1. The summed E-state index contributed by atoms with van der Waals surface area (Å²) >= 11 is 0. The van der Waals surface area contributed by atoms with Crippen LogP contribution in [0.25, 0.3) is 0 Å². The van der Waals surface area contributed by atoms with Gasteiger partial charge < -0.3 is 10.2 Å². The molecule has 0 aliphatic carbocycles. The number of carbonyl (C=O) groups excluding carboxylic acids is 1. The smallest absolute Gasteiger partial charge is 0.321 e. The SMILES string of the molecule is [CH2]CN(CCCC)C(=O)Nc1ccccc1. The maximum Gasteiger partial charge on any atom is 0.321 e. The first-order valence-electron chi connectivity index (χ1n) is 5.68. The predicted molar refractivity (Wildman–Crippen MR) is 67.3 cm³/mol. The summed E-state index contributed by atoms with van der Waals surface area (Å²) in [5.41, 5.74) is 0.822. The van der Waals surface area contributed by atoms with E-state index in [-0.39, 0.29) is 6.03 Å². The summed E-state index contributed by atoms with van der Waals surface area (Å²) in [5, 5.41) is 2.85. The third-order valence-corrected chi connectivity index (χ3v) is 2.36. The Morgan fingerprint density at radius 2 is 2.06 bits per heavy atom. The molecule has 2 amide bonds. The molecule has 0 fully saturated rings. The average Bonchev–Trinajstić information content (AvgIpc) is 2.31. The third-order valence-electron chi connectivity index (χ3n) is 2.36. The Morgan fingerprint density at radius 1 is 1.38 bits per heavy atom. The van der Waals surface area contributed by atoms with Gasteiger partial charge in [-0.2, -0.15) is 0 Å². The Morgan fingerprint density at radius 3 is 2.62 bits per heavy atom. The molecule has 0 spiro atoms. The number of urea groups is 1. The van der Waals surface area contributed by atoms with Gasteiger partial charge in [0.2, 0.25) is 0 Å². The molecule has 0 saturated carbocycles. The predicted octanol–water partition coefficient (Wildman–Crippen LogP) is 3.15. The largest absolute Gasteiger partial charge is 0.325 e. The summed E-state index contributed by atoms with van der Waals surface area (Å²) in [5.74, 6) is 0. The molecule has 1 aromatic carbocycles. The second-order valence-corrected chi connectivity index (χ2v) is 3.64. The average molecular weight is 219 g/mol. The highest BCUT2D eigenvalue weighted by molar-refractivity contribution is 5.89. The quantitative estimate of drug-likeness (QED) is 0.810. The van der Waals surface area contributed by atoms with Crippen LogP contribution < -0.4 is 5.32 Å². The van der Waals surface area contributed by atoms with Gasteiger partial charge in [-0.3, -0.25) is 0 Å². The molecule has 1 N–H and O–H groups in total. The Balaban J connectivity index is 2.49. The molecular formula is C13H19N2O. The molecule has 3 heteroatoms. The summed E-state index contributed by atoms with van der Waals surface area (Å²) in [6, 6.07) is 9.39. The van der Waals surface area contributed by atoms with Crippen molar-refractivity contribution in [1.29, 1.82) is 0 Å². The van der Waals surface area contributed by atoms with E-state index in [0.29, 0.717) is 6.54 Å². The van der Waals surface area contributed by atoms with Crippen molar-refractivity contribution < 1.29 is 4.79 Å². The summed E-state index contributed by atoms with van der Waals surface area (Å²) in [4.78, 5) is 13.5. The second kappa shape index (κ2) is 6.88. The molecule has 16 heavy (non-hydrogen) atoms. The van der Waals surface area contributed by atoms with Crippen LogP contribution in [-0.4, -0.2) is 24.0 Å². The number of nitrogens with one attached hydrogen (secondary N) is 1. The molecule has 0 aliphatic rings. The van der Waals surface area contributed by atoms with Crippen molar-refractivity contribution in [1.82, 2.24) is 4.90 Å². The minimum Gasteiger partial charge on any atom is -0.325 e. The molecule has 0 atom stereocenters. The molecule has 1 aromatic rings. The molecule has 1 rings (SSSR count). The second-order valence-electron chi connectivity index (χ2n) is 3.64. The highest BCUT2D eigenvalue weighted by atomic mass is 16.2. The Hall–Kier alpha value is -1.51. The van der Waals surface area contributed by atoms with Crippen molar-refractivity contribution in [3.05, 3.63) is 37.3 Å². The van der Waals surface area contributed by atoms with E-state index in [4.69, 9.17) is 0 Å². The zero-order chi connectivity index (χ0) is 11.8. The molecule has 0 saturated heterocycles. The summed E-state index contributed by atoms with van der Waals surface area (Å²) in [6.07, 6.45) is 2.09. The maximum atomic E-state index is 11.8. The lowest BCUT2D eigenvalue weighted by Gasteiger charge is -2.20. The zero-order valence-electron chi connectivity index (χ0n) is 9.78. The highest BCUT2D eigenvalue weighted by Crippen LogP contribution is 2.07. The minimum atomic E-state index is -0.0744. The lowest BCUT2D eigenvalue weighted by atomic mass is 10.3. The summed E-state index contributed by atoms with van der Waals surface area (Å²) < 4.78 is 0. The van der Waals surface area contributed by atoms with Gasteiger partial charge in [-0.25, -0.2) is 4.79 Å². The maximum absolute atomic E-state index is 11.8. The lowest BCUT2D eigenvalue weighted by Crippen LogP contribution is -2.35. The first-order valence-corrected chi connectivity index (χ1v) is 5.68. The van der Waals surface area contributed by atoms with Crippen molar-refractivity contribution in [2.45, 2.75) is 19.8 Å². The van der Waals surface area contributed by atoms with Crippen LogP contribution in [0.3, 0.4) is 0 Å². The number of carbonyl (C=O) groups is 1. The van der Waals surface area contributed by atoms with Crippen molar-refractivity contribution in [2.24, 2.45) is 0 Å². The molecule has 1 radical (unpaired) electrons. The molecule has 3 nitrogen and oxygen atoms in total. The standard InChI is InChI=1S/C13H19N2O/c1-3-5-11-15(4-2)13(16)14-12-9-7-6-8-10-12/h6-10H,2-5,11H2,1H3,(H,14,16). The fourth-order valence-electron chi connectivity index (χ4n) is 1.39. The van der Waals surface area contributed by atoms with Gasteiger partial charge in [0.15, 0.2) is 0 Å². The molecule has 0 heterocycles. The van der Waals surface area contributed by atoms with Gasteiger partial charge in [0.1, 0.15) is 0 Å². The van der Waals surface area contributed by atoms with Gasteiger partial charge in [0.05, 0.1) is 0 Å². The van der Waals surface area contributed by atoms with Crippen molar-refractivity contribution >= 4 is 11.7 Å². The van der Waals surface area contributed by atoms with Gasteiger partial charge in [0, 0.05) is 18.8 Å². The van der Waals surface area contributed by atoms with Crippen LogP contribution in [-0.2, 0) is 0 Å². The number of para-hydroxylation sites is 1. The van der Waals surface area contributed by atoms with Crippen LogP contribution >= 0.6 is 0 Å². The first kappa shape index (κ1) is 12.6. The normalized spacial score (nSPS) is 9.88. The number of hydrogen-bond donors (Lipinski definition) is 1. The molecule has 0 aliphatic heterocycles. The van der Waals surface area contributed by atoms with Crippen molar-refractivity contribution in [3.63, 3.8) is 0 Å². The minimum absolute atomic E-state index is 0.0744. The molecule has 0 bridgehead atoms. The monoisotopic (exact) mass is 219 g/mol. The molecule has 87 valence electrons. The van der Waals surface area contributed by atoms with Crippen LogP contribution in [0.1, 0.15) is 19.8 Å². The van der Waals surface area contributed by atoms with Crippen LogP contribution in [0.15, 0.2) is 30.3 Å². The summed E-state index contributed by atoms with van der Waals surface area (Å²) in [6.45, 7) is 7.14. The fraction of sp³-hybridized carbons (Fsp3) is 0.385. The first-order chi connectivity index (χ1) is 7.77. The Bertz CT molecular complexity index is 311. The van der Waals surface area contributed by atoms with Gasteiger partial charge in [-0.1, -0.05) is 31.5 Å². The zero-order valence-corrected chi connectivity index (χ0v) is 9.78. The van der Waals surface area contributed by atoms with E-state index in [9.17, 15) is 4.79 Å². The van der Waals surface area contributed by atoms with Crippen LogP contribution in [0.2, 0.25) is 0 Å². The lowest BCUT2D eigenvalue weighted by molar-refractivity contribution is 0.216. The van der Waals surface area contributed by atoms with Gasteiger partial charge >= 0.3 is 6.03 Å². The van der Waals surface area contributed by atoms with Crippen molar-refractivity contribution in [2.75, 3.05) is 18.4 Å². The number of benzene rings is 1. The van der Waals surface area contributed by atoms with Crippen molar-refractivity contribution in [3.8, 4) is 0 Å². The van der Waals surface area contributed by atoms with Crippen LogP contribution in [0.4, 0.5) is 10.5 Å². The Labute approximate surface area is 97.5 Å². The highest BCUT2D eigenvalue weighted by Gasteiger charge is 2.10. The number of rotatable bonds is 5. The van der Waals surface area contributed by atoms with Crippen LogP contribution in [0, 0.1) is 6.92 Å². The Kier molecular flexibility index (Phi) is 5.40. The van der Waals surface area contributed by atoms with Gasteiger partial charge in [-0.05, 0) is 25.5 Å². The van der Waals surface area contributed by atoms with E-state index in [2.05, 4.69) is 19.2 Å². The van der Waals surface area contributed by atoms with Crippen LogP contribution in [0.5, 0.6) is 0 Å². The van der Waals surface area contributed by atoms with E-state index < -0.39 is 0 Å². The van der Waals surface area contributed by atoms with E-state index in [0.717, 1.165) is 25.1 Å². The molecule has 0 aromatic heterocycles. The van der Waals surface area contributed by atoms with Gasteiger partial charge in [-0.15, -0.1) is 0 Å². The summed E-state index contributed by atoms with van der Waals surface area (Å²) in [7, 11) is 0. The van der Waals surface area contributed by atoms with E-state index >= 15 is 0 Å². The van der Waals surface area contributed by atoms with E-state index in [1.807, 2.05) is 30.3 Å². The molecule has 0 unspecified atom stereocenters. The van der Waals surface area contributed by atoms with E-state index in [1.54, 1.807) is 4.90 Å². The number of amides is 2. The van der Waals surface area contributed by atoms with E-state index in [1.165, 1.54) is 0 Å². The fourth-order valence-corrected chi connectivity index (χ4v) is 1.39. The third kappa shape index (κ3) is 3.93.